The predicted octanol–water partition coefficient (Wildman–Crippen LogP) is 3.28. The van der Waals surface area contributed by atoms with Crippen LogP contribution < -0.4 is 14.9 Å². The zero-order valence-corrected chi connectivity index (χ0v) is 22.3. The number of thioether (sulfide) groups is 1. The van der Waals surface area contributed by atoms with Crippen molar-refractivity contribution >= 4 is 63.2 Å². The molecule has 0 spiro atoms. The lowest BCUT2D eigenvalue weighted by Crippen LogP contribution is -2.36. The molecule has 2 aliphatic rings. The lowest BCUT2D eigenvalue weighted by molar-refractivity contribution is -0.149. The summed E-state index contributed by atoms with van der Waals surface area (Å²) < 4.78 is 5.69. The monoisotopic (exact) mass is 575 g/mol. The summed E-state index contributed by atoms with van der Waals surface area (Å²) in [4.78, 5) is 66.1. The summed E-state index contributed by atoms with van der Waals surface area (Å²) in [7, 11) is 0. The summed E-state index contributed by atoms with van der Waals surface area (Å²) >= 11 is 2.05. The first-order valence-electron chi connectivity index (χ1n) is 12.3. The molecule has 0 saturated carbocycles. The quantitative estimate of drug-likeness (QED) is 0.285. The highest BCUT2D eigenvalue weighted by Gasteiger charge is 2.56. The number of ether oxygens (including phenoxy) is 1. The molecule has 3 amide bonds. The molecule has 3 heterocycles. The Bertz CT molecular complexity index is 1720. The van der Waals surface area contributed by atoms with E-state index >= 15 is 0 Å². The van der Waals surface area contributed by atoms with E-state index in [4.69, 9.17) is 4.74 Å². The summed E-state index contributed by atoms with van der Waals surface area (Å²) in [6.45, 7) is -0.941. The highest BCUT2D eigenvalue weighted by molar-refractivity contribution is 8.00. The predicted molar refractivity (Wildman–Crippen MR) is 149 cm³/mol. The first-order valence-corrected chi connectivity index (χ1v) is 14.0. The summed E-state index contributed by atoms with van der Waals surface area (Å²) in [6.07, 6.45) is 0. The summed E-state index contributed by atoms with van der Waals surface area (Å²) in [5, 5.41) is 13.7. The molecule has 40 heavy (non-hydrogen) atoms. The van der Waals surface area contributed by atoms with Gasteiger partial charge in [-0.3, -0.25) is 28.9 Å². The molecule has 1 aromatic heterocycles. The number of H-pyrrole nitrogens is 1. The number of hydrogen-bond donors (Lipinski definition) is 3. The standard InChI is InChI=1S/C28H21N3O7S2/c32-19(29-18-7-3-5-14-4-1-2-6-17(14)18)13-38-16-10-8-15(9-11-16)21-22-24(39-25-23(21)40-28(37)30-25)27(36)31(26(22)35)12-20(33)34/h1-11,21-22,24H,12-13H2,(H,29,32)(H,30,37)(H,33,34)/t21-,22?,24?/m1/s1. The number of likely N-dealkylation sites (tertiary alicyclic amines) is 1. The van der Waals surface area contributed by atoms with Crippen molar-refractivity contribution in [3.05, 3.63) is 86.8 Å². The number of imide groups is 1. The molecule has 3 N–H and O–H groups in total. The van der Waals surface area contributed by atoms with Crippen molar-refractivity contribution in [3.63, 3.8) is 0 Å². The van der Waals surface area contributed by atoms with Gasteiger partial charge in [-0.1, -0.05) is 71.6 Å². The Hall–Kier alpha value is -4.42. The Kier molecular flexibility index (Phi) is 6.64. The van der Waals surface area contributed by atoms with Crippen LogP contribution in [0.15, 0.2) is 76.6 Å². The van der Waals surface area contributed by atoms with E-state index in [1.165, 1.54) is 0 Å². The minimum atomic E-state index is -1.28. The van der Waals surface area contributed by atoms with Crippen LogP contribution >= 0.6 is 23.1 Å². The number of amides is 3. The molecule has 0 aliphatic carbocycles. The molecule has 1 saturated heterocycles. The van der Waals surface area contributed by atoms with Crippen LogP contribution in [0.5, 0.6) is 5.75 Å². The van der Waals surface area contributed by atoms with Gasteiger partial charge in [-0.05, 0) is 29.1 Å². The van der Waals surface area contributed by atoms with Crippen LogP contribution in [0.2, 0.25) is 0 Å². The van der Waals surface area contributed by atoms with Gasteiger partial charge in [0.2, 0.25) is 11.8 Å². The Labute approximate surface area is 235 Å². The van der Waals surface area contributed by atoms with Gasteiger partial charge in [0.25, 0.3) is 5.91 Å². The number of nitrogens with one attached hydrogen (secondary N) is 2. The van der Waals surface area contributed by atoms with Crippen LogP contribution in [0.25, 0.3) is 10.8 Å². The molecule has 6 rings (SSSR count). The number of carbonyl (C=O) groups excluding carboxylic acids is 3. The van der Waals surface area contributed by atoms with Gasteiger partial charge in [-0.15, -0.1) is 0 Å². The van der Waals surface area contributed by atoms with Crippen molar-refractivity contribution in [2.24, 2.45) is 5.92 Å². The summed E-state index contributed by atoms with van der Waals surface area (Å²) in [5.74, 6) is -3.83. The Morgan fingerprint density at radius 1 is 0.975 bits per heavy atom. The molecular formula is C28H21N3O7S2. The fourth-order valence-electron chi connectivity index (χ4n) is 5.17. The molecule has 2 aliphatic heterocycles. The molecule has 0 bridgehead atoms. The van der Waals surface area contributed by atoms with Crippen LogP contribution in [0.4, 0.5) is 5.69 Å². The van der Waals surface area contributed by atoms with Crippen LogP contribution in [0, 0.1) is 5.92 Å². The fraction of sp³-hybridized carbons (Fsp3) is 0.179. The number of aliphatic carboxylic acids is 1. The van der Waals surface area contributed by atoms with E-state index in [0.717, 1.165) is 38.8 Å². The highest BCUT2D eigenvalue weighted by Crippen LogP contribution is 2.52. The number of aromatic amines is 1. The van der Waals surface area contributed by atoms with Gasteiger partial charge in [-0.25, -0.2) is 0 Å². The maximum absolute atomic E-state index is 13.2. The number of nitrogens with zero attached hydrogens (tertiary/aromatic N) is 1. The normalized spacial score (nSPS) is 19.8. The number of aromatic nitrogens is 1. The topological polar surface area (TPSA) is 146 Å². The Balaban J connectivity index is 1.20. The van der Waals surface area contributed by atoms with E-state index in [1.807, 2.05) is 42.5 Å². The molecule has 3 aromatic carbocycles. The Morgan fingerprint density at radius 3 is 2.50 bits per heavy atom. The minimum Gasteiger partial charge on any atom is -0.484 e. The van der Waals surface area contributed by atoms with Gasteiger partial charge >= 0.3 is 10.8 Å². The van der Waals surface area contributed by atoms with E-state index < -0.39 is 41.4 Å². The third-order valence-corrected chi connectivity index (χ3v) is 9.28. The molecule has 3 atom stereocenters. The van der Waals surface area contributed by atoms with Gasteiger partial charge < -0.3 is 20.1 Å². The number of carbonyl (C=O) groups is 4. The van der Waals surface area contributed by atoms with Crippen LogP contribution in [0.3, 0.4) is 0 Å². The molecule has 10 nitrogen and oxygen atoms in total. The van der Waals surface area contributed by atoms with Gasteiger partial charge in [-0.2, -0.15) is 0 Å². The van der Waals surface area contributed by atoms with E-state index in [1.54, 1.807) is 24.3 Å². The third-order valence-electron chi connectivity index (χ3n) is 6.88. The number of carboxylic acids is 1. The molecule has 1 fully saturated rings. The fourth-order valence-corrected chi connectivity index (χ4v) is 7.70. The molecule has 12 heteroatoms. The smallest absolute Gasteiger partial charge is 0.323 e. The van der Waals surface area contributed by atoms with Crippen molar-refractivity contribution in [2.45, 2.75) is 16.2 Å². The molecule has 2 unspecified atom stereocenters. The molecule has 0 radical (unpaired) electrons. The average Bonchev–Trinajstić information content (AvgIpc) is 3.43. The lowest BCUT2D eigenvalue weighted by atomic mass is 9.83. The van der Waals surface area contributed by atoms with Gasteiger partial charge in [0, 0.05) is 21.9 Å². The number of benzene rings is 3. The van der Waals surface area contributed by atoms with E-state index in [0.29, 0.717) is 26.9 Å². The van der Waals surface area contributed by atoms with Crippen molar-refractivity contribution in [2.75, 3.05) is 18.5 Å². The van der Waals surface area contributed by atoms with Crippen molar-refractivity contribution in [3.8, 4) is 5.75 Å². The second-order valence-electron chi connectivity index (χ2n) is 9.34. The lowest BCUT2D eigenvalue weighted by Gasteiger charge is -2.29. The number of fused-ring (bicyclic) bond motifs is 3. The molecular weight excluding hydrogens is 554 g/mol. The Morgan fingerprint density at radius 2 is 1.73 bits per heavy atom. The highest BCUT2D eigenvalue weighted by atomic mass is 32.2. The number of carboxylic acid groups (broad SMARTS) is 1. The third kappa shape index (κ3) is 4.65. The zero-order valence-electron chi connectivity index (χ0n) is 20.7. The maximum atomic E-state index is 13.2. The second-order valence-corrected chi connectivity index (χ2v) is 11.5. The zero-order chi connectivity index (χ0) is 28.0. The van der Waals surface area contributed by atoms with Crippen molar-refractivity contribution in [1.82, 2.24) is 9.88 Å². The average molecular weight is 576 g/mol. The first-order chi connectivity index (χ1) is 19.3. The SMILES string of the molecule is O=C(O)CN1C(=O)C2Sc3[nH]c(=O)sc3[C@H](c3ccc(OCC(=O)Nc4cccc5ccccc45)cc3)C2C1=O. The first kappa shape index (κ1) is 25.8. The van der Waals surface area contributed by atoms with E-state index in [-0.39, 0.29) is 17.4 Å². The maximum Gasteiger partial charge on any atom is 0.323 e. The summed E-state index contributed by atoms with van der Waals surface area (Å²) in [6, 6.07) is 20.1. The number of thiazole rings is 1. The van der Waals surface area contributed by atoms with E-state index in [9.17, 15) is 29.1 Å². The van der Waals surface area contributed by atoms with Gasteiger partial charge in [0.05, 0.1) is 10.9 Å². The van der Waals surface area contributed by atoms with Crippen LogP contribution in [0.1, 0.15) is 16.4 Å². The molecule has 202 valence electrons. The van der Waals surface area contributed by atoms with Crippen molar-refractivity contribution in [1.29, 1.82) is 0 Å². The minimum absolute atomic E-state index is 0.228. The largest absolute Gasteiger partial charge is 0.484 e. The second kappa shape index (κ2) is 10.3. The number of anilines is 1. The van der Waals surface area contributed by atoms with Crippen molar-refractivity contribution < 1.29 is 29.0 Å². The van der Waals surface area contributed by atoms with Gasteiger partial charge in [0.15, 0.2) is 6.61 Å². The van der Waals surface area contributed by atoms with Crippen LogP contribution in [-0.4, -0.2) is 57.1 Å². The van der Waals surface area contributed by atoms with Gasteiger partial charge in [0.1, 0.15) is 17.5 Å². The van der Waals surface area contributed by atoms with E-state index in [2.05, 4.69) is 10.3 Å². The number of hydrogen-bond acceptors (Lipinski definition) is 8. The summed E-state index contributed by atoms with van der Waals surface area (Å²) in [5.41, 5.74) is 1.35. The van der Waals surface area contributed by atoms with Crippen LogP contribution in [-0.2, 0) is 19.2 Å². The molecule has 4 aromatic rings. The number of rotatable bonds is 7.